The summed E-state index contributed by atoms with van der Waals surface area (Å²) in [6.07, 6.45) is 4.56. The average molecular weight is 771 g/mol. The Balaban J connectivity index is 0.000000224. The fourth-order valence-corrected chi connectivity index (χ4v) is 5.55. The van der Waals surface area contributed by atoms with Crippen molar-refractivity contribution < 1.29 is 28.6 Å². The van der Waals surface area contributed by atoms with Gasteiger partial charge in [0.15, 0.2) is 0 Å². The number of nitrogens with zero attached hydrogens (tertiary/aromatic N) is 3. The van der Waals surface area contributed by atoms with E-state index in [0.29, 0.717) is 11.8 Å². The molecule has 4 aromatic carbocycles. The zero-order valence-electron chi connectivity index (χ0n) is 29.1. The Kier molecular flexibility index (Phi) is 8.62. The minimum absolute atomic E-state index is 0. The SMILES string of the molecule is Cc1ccc2o[c-]c(-c3nc4ccccc4n3-c3c(C(C)C)cccc3C(C)C)c2c1.[2H]C([2H])([2H])c1ccc(-c2[c-]cccc2)nc1.[Ir]. The first kappa shape index (κ1) is 28.2. The number of hydrogen-bond acceptors (Lipinski definition) is 3. The molecule has 0 unspecified atom stereocenters. The molecule has 5 heteroatoms. The van der Waals surface area contributed by atoms with Crippen molar-refractivity contribution >= 4 is 22.0 Å². The first-order valence-corrected chi connectivity index (χ1v) is 15.0. The van der Waals surface area contributed by atoms with Gasteiger partial charge in [-0.05, 0) is 60.1 Å². The minimum atomic E-state index is -2.09. The Morgan fingerprint density at radius 3 is 2.22 bits per heavy atom. The predicted octanol–water partition coefficient (Wildman–Crippen LogP) is 10.6. The normalized spacial score (nSPS) is 12.4. The summed E-state index contributed by atoms with van der Waals surface area (Å²) < 4.78 is 29.8. The third-order valence-corrected chi connectivity index (χ3v) is 7.77. The number of pyridine rings is 1. The maximum Gasteiger partial charge on any atom is 0.0774 e. The molecule has 0 atom stereocenters. The van der Waals surface area contributed by atoms with E-state index < -0.39 is 6.85 Å². The second-order valence-electron chi connectivity index (χ2n) is 11.6. The van der Waals surface area contributed by atoms with Crippen molar-refractivity contribution in [1.29, 1.82) is 0 Å². The molecule has 4 nitrogen and oxygen atoms in total. The molecule has 0 bridgehead atoms. The summed E-state index contributed by atoms with van der Waals surface area (Å²) in [7, 11) is 0. The Bertz CT molecular complexity index is 2120. The van der Waals surface area contributed by atoms with Crippen LogP contribution in [0.5, 0.6) is 0 Å². The van der Waals surface area contributed by atoms with E-state index >= 15 is 0 Å². The summed E-state index contributed by atoms with van der Waals surface area (Å²) in [6, 6.07) is 35.0. The van der Waals surface area contributed by atoms with Crippen molar-refractivity contribution in [2.45, 2.75) is 53.3 Å². The average Bonchev–Trinajstić information content (AvgIpc) is 3.65. The molecule has 0 N–H and O–H groups in total. The van der Waals surface area contributed by atoms with E-state index in [1.807, 2.05) is 30.3 Å². The molecule has 0 aliphatic rings. The fraction of sp³-hybridized carbons (Fsp3) is 0.200. The Morgan fingerprint density at radius 1 is 0.822 bits per heavy atom. The second-order valence-corrected chi connectivity index (χ2v) is 11.6. The van der Waals surface area contributed by atoms with E-state index in [9.17, 15) is 0 Å². The number of furan rings is 1. The topological polar surface area (TPSA) is 43.9 Å². The standard InChI is InChI=1S/C28H27N2O.C12H10N.Ir/c1-17(2)20-9-8-10-21(18(3)4)27(20)30-25-12-7-6-11-24(25)29-28(30)23-16-31-26-14-13-19(5)15-22(23)26;1-10-7-8-12(13-9-10)11-5-3-2-4-6-11;/h6-15,17-18H,1-5H3;2-5,7-9H,1H3;/q2*-1;/i;1D3;. The van der Waals surface area contributed by atoms with Gasteiger partial charge in [0, 0.05) is 47.9 Å². The maximum atomic E-state index is 7.23. The van der Waals surface area contributed by atoms with Crippen molar-refractivity contribution in [3.63, 3.8) is 0 Å². The summed E-state index contributed by atoms with van der Waals surface area (Å²) in [5.41, 5.74) is 10.7. The van der Waals surface area contributed by atoms with E-state index in [2.05, 4.69) is 105 Å². The molecule has 3 aromatic heterocycles. The van der Waals surface area contributed by atoms with Crippen LogP contribution in [-0.4, -0.2) is 14.5 Å². The second kappa shape index (κ2) is 13.8. The van der Waals surface area contributed by atoms with Crippen LogP contribution < -0.4 is 0 Å². The molecular weight excluding hydrogens is 731 g/mol. The number of rotatable bonds is 5. The van der Waals surface area contributed by atoms with Crippen molar-refractivity contribution in [3.8, 4) is 28.3 Å². The van der Waals surface area contributed by atoms with E-state index in [4.69, 9.17) is 13.5 Å². The van der Waals surface area contributed by atoms with Gasteiger partial charge in [-0.15, -0.1) is 35.9 Å². The number of fused-ring (bicyclic) bond motifs is 2. The summed E-state index contributed by atoms with van der Waals surface area (Å²) in [5.74, 6) is 1.64. The van der Waals surface area contributed by atoms with E-state index in [-0.39, 0.29) is 25.7 Å². The molecule has 0 saturated heterocycles. The van der Waals surface area contributed by atoms with Gasteiger partial charge in [-0.3, -0.25) is 4.98 Å². The third kappa shape index (κ3) is 6.56. The first-order chi connectivity index (χ1) is 22.5. The minimum Gasteiger partial charge on any atom is -0.557 e. The van der Waals surface area contributed by atoms with Gasteiger partial charge in [0.05, 0.1) is 16.9 Å². The molecule has 0 spiro atoms. The first-order valence-electron chi connectivity index (χ1n) is 16.5. The molecule has 229 valence electrons. The van der Waals surface area contributed by atoms with Gasteiger partial charge in [0.1, 0.15) is 0 Å². The molecule has 0 aliphatic carbocycles. The molecule has 0 fully saturated rings. The van der Waals surface area contributed by atoms with Crippen LogP contribution in [0.3, 0.4) is 0 Å². The van der Waals surface area contributed by atoms with Crippen molar-refractivity contribution in [3.05, 3.63) is 138 Å². The summed E-state index contributed by atoms with van der Waals surface area (Å²) >= 11 is 0. The van der Waals surface area contributed by atoms with E-state index in [1.54, 1.807) is 18.2 Å². The van der Waals surface area contributed by atoms with Crippen LogP contribution in [0, 0.1) is 26.1 Å². The molecule has 1 radical (unpaired) electrons. The number of imidazole rings is 1. The van der Waals surface area contributed by atoms with Crippen LogP contribution in [0.25, 0.3) is 50.3 Å². The van der Waals surface area contributed by atoms with Gasteiger partial charge in [-0.2, -0.15) is 0 Å². The van der Waals surface area contributed by atoms with Crippen LogP contribution in [0.2, 0.25) is 0 Å². The smallest absolute Gasteiger partial charge is 0.0774 e. The Labute approximate surface area is 283 Å². The zero-order chi connectivity index (χ0) is 33.3. The fourth-order valence-electron chi connectivity index (χ4n) is 5.55. The van der Waals surface area contributed by atoms with Gasteiger partial charge >= 0.3 is 0 Å². The number of para-hydroxylation sites is 3. The van der Waals surface area contributed by atoms with Crippen molar-refractivity contribution in [1.82, 2.24) is 14.5 Å². The molecule has 3 heterocycles. The van der Waals surface area contributed by atoms with Crippen LogP contribution in [0.4, 0.5) is 0 Å². The van der Waals surface area contributed by atoms with Crippen LogP contribution >= 0.6 is 0 Å². The number of aryl methyl sites for hydroxylation is 2. The van der Waals surface area contributed by atoms with Crippen LogP contribution in [0.1, 0.15) is 65.9 Å². The predicted molar refractivity (Wildman–Crippen MR) is 181 cm³/mol. The molecule has 7 aromatic rings. The summed E-state index contributed by atoms with van der Waals surface area (Å²) in [6.45, 7) is 9.03. The number of aromatic nitrogens is 3. The van der Waals surface area contributed by atoms with Crippen LogP contribution in [-0.2, 0) is 20.1 Å². The Hall–Kier alpha value is -4.31. The Morgan fingerprint density at radius 2 is 1.56 bits per heavy atom. The number of hydrogen-bond donors (Lipinski definition) is 0. The summed E-state index contributed by atoms with van der Waals surface area (Å²) in [4.78, 5) is 9.21. The monoisotopic (exact) mass is 771 g/mol. The molecule has 45 heavy (non-hydrogen) atoms. The van der Waals surface area contributed by atoms with Gasteiger partial charge in [-0.25, -0.2) is 0 Å². The molecule has 7 rings (SSSR count). The number of benzene rings is 4. The van der Waals surface area contributed by atoms with Crippen molar-refractivity contribution in [2.24, 2.45) is 0 Å². The van der Waals surface area contributed by atoms with Gasteiger partial charge in [0.2, 0.25) is 0 Å². The van der Waals surface area contributed by atoms with Gasteiger partial charge < -0.3 is 14.0 Å². The quantitative estimate of drug-likeness (QED) is 0.164. The van der Waals surface area contributed by atoms with Crippen LogP contribution in [0.15, 0.2) is 108 Å². The molecule has 0 saturated carbocycles. The van der Waals surface area contributed by atoms with Gasteiger partial charge in [-0.1, -0.05) is 105 Å². The largest absolute Gasteiger partial charge is 0.557 e. The third-order valence-electron chi connectivity index (χ3n) is 7.77. The maximum absolute atomic E-state index is 7.23. The van der Waals surface area contributed by atoms with E-state index in [1.165, 1.54) is 28.6 Å². The zero-order valence-corrected chi connectivity index (χ0v) is 28.4. The van der Waals surface area contributed by atoms with Gasteiger partial charge in [0.25, 0.3) is 0 Å². The molecule has 0 aliphatic heterocycles. The molecule has 0 amide bonds. The molecular formula is C40H37IrN3O-2. The van der Waals surface area contributed by atoms with Crippen molar-refractivity contribution in [2.75, 3.05) is 0 Å². The summed E-state index contributed by atoms with van der Waals surface area (Å²) in [5, 5.41) is 1.05. The van der Waals surface area contributed by atoms with E-state index in [0.717, 1.165) is 44.6 Å².